The number of aliphatic hydroxyl groups is 7. The van der Waals surface area contributed by atoms with E-state index in [0.717, 1.165) is 122 Å². The highest BCUT2D eigenvalue weighted by atomic mass is 31.3. The molecule has 0 aromatic heterocycles. The van der Waals surface area contributed by atoms with Crippen LogP contribution in [0.2, 0.25) is 0 Å². The van der Waals surface area contributed by atoms with Gasteiger partial charge in [0, 0.05) is 0 Å². The Morgan fingerprint density at radius 3 is 0.988 bits per heavy atom. The van der Waals surface area contributed by atoms with E-state index < -0.39 is 96.9 Å². The predicted octanol–water partition coefficient (Wildman–Crippen LogP) is 14.1. The zero-order chi connectivity index (χ0) is 64.4. The Morgan fingerprint density at radius 2 is 0.674 bits per heavy atom. The maximum absolute atomic E-state index is 12.8. The zero-order valence-corrected chi connectivity index (χ0v) is 55.9. The molecule has 2 saturated heterocycles. The molecule has 2 heterocycles. The lowest BCUT2D eigenvalue weighted by Crippen LogP contribution is -2.64. The quantitative estimate of drug-likeness (QED) is 0.0203. The van der Waals surface area contributed by atoms with Crippen LogP contribution in [0.1, 0.15) is 212 Å². The summed E-state index contributed by atoms with van der Waals surface area (Å²) in [5.41, 5.74) is 14.8. The summed E-state index contributed by atoms with van der Waals surface area (Å²) in [6.45, 7) is 23.8. The van der Waals surface area contributed by atoms with Crippen LogP contribution in [0.25, 0.3) is 0 Å². The summed E-state index contributed by atoms with van der Waals surface area (Å²) < 4.78 is 55.5. The van der Waals surface area contributed by atoms with Gasteiger partial charge in [0.05, 0.1) is 19.8 Å². The Hall–Kier alpha value is -3.00. The molecular formula is C67H112O17P2. The van der Waals surface area contributed by atoms with Crippen LogP contribution in [0.3, 0.4) is 0 Å². The second kappa shape index (κ2) is 42.9. The highest BCUT2D eigenvalue weighted by Gasteiger charge is 2.52. The normalized spacial score (nSPS) is 26.5. The summed E-state index contributed by atoms with van der Waals surface area (Å²) in [6, 6.07) is 0. The van der Waals surface area contributed by atoms with E-state index in [9.17, 15) is 54.7 Å². The van der Waals surface area contributed by atoms with Gasteiger partial charge in [0.15, 0.2) is 12.6 Å². The smallest absolute Gasteiger partial charge is 0.394 e. The maximum atomic E-state index is 12.8. The first-order chi connectivity index (χ1) is 40.6. The molecule has 12 atom stereocenters. The lowest BCUT2D eigenvalue weighted by Gasteiger charge is -2.45. The number of aliphatic hydroxyl groups excluding tert-OH is 7. The fourth-order valence-corrected chi connectivity index (χ4v) is 11.9. The van der Waals surface area contributed by atoms with E-state index in [0.29, 0.717) is 12.0 Å². The molecule has 2 unspecified atom stereocenters. The number of ether oxygens (including phenoxy) is 3. The van der Waals surface area contributed by atoms with E-state index in [2.05, 4.69) is 134 Å². The Morgan fingerprint density at radius 1 is 0.384 bits per heavy atom. The van der Waals surface area contributed by atoms with E-state index >= 15 is 0 Å². The van der Waals surface area contributed by atoms with Crippen molar-refractivity contribution in [3.8, 4) is 0 Å². The van der Waals surface area contributed by atoms with E-state index in [4.69, 9.17) is 23.3 Å². The van der Waals surface area contributed by atoms with Crippen LogP contribution in [0.4, 0.5) is 0 Å². The lowest BCUT2D eigenvalue weighted by atomic mass is 9.97. The molecule has 2 aliphatic rings. The van der Waals surface area contributed by atoms with Crippen molar-refractivity contribution < 1.29 is 82.2 Å². The Kier molecular flexibility index (Phi) is 39.4. The summed E-state index contributed by atoms with van der Waals surface area (Å²) in [5, 5.41) is 71.2. The van der Waals surface area contributed by atoms with Gasteiger partial charge in [-0.25, -0.2) is 9.13 Å². The molecule has 2 rings (SSSR count). The predicted molar refractivity (Wildman–Crippen MR) is 344 cm³/mol. The van der Waals surface area contributed by atoms with Crippen LogP contribution in [-0.4, -0.2) is 127 Å². The summed E-state index contributed by atoms with van der Waals surface area (Å²) in [7, 11) is -10.8. The molecule has 0 radical (unpaired) electrons. The van der Waals surface area contributed by atoms with Gasteiger partial charge < -0.3 is 59.7 Å². The summed E-state index contributed by atoms with van der Waals surface area (Å²) >= 11 is 0. The van der Waals surface area contributed by atoms with Crippen molar-refractivity contribution in [3.63, 3.8) is 0 Å². The minimum absolute atomic E-state index is 0.442. The van der Waals surface area contributed by atoms with Gasteiger partial charge in [-0.3, -0.25) is 9.05 Å². The van der Waals surface area contributed by atoms with E-state index in [1.165, 1.54) is 55.7 Å². The van der Waals surface area contributed by atoms with Gasteiger partial charge in [-0.15, -0.1) is 0 Å². The molecule has 0 aromatic rings. The number of phosphoric acid groups is 2. The minimum Gasteiger partial charge on any atom is -0.394 e. The van der Waals surface area contributed by atoms with Crippen molar-refractivity contribution in [3.05, 3.63) is 128 Å². The van der Waals surface area contributed by atoms with Crippen molar-refractivity contribution in [1.82, 2.24) is 0 Å². The summed E-state index contributed by atoms with van der Waals surface area (Å²) in [4.78, 5) is 20.5. The van der Waals surface area contributed by atoms with Gasteiger partial charge in [-0.05, 0) is 212 Å². The monoisotopic (exact) mass is 1250 g/mol. The van der Waals surface area contributed by atoms with Crippen LogP contribution in [0.5, 0.6) is 0 Å². The van der Waals surface area contributed by atoms with Gasteiger partial charge >= 0.3 is 15.6 Å². The molecule has 0 aromatic carbocycles. The van der Waals surface area contributed by atoms with Crippen molar-refractivity contribution in [2.75, 3.05) is 19.8 Å². The molecule has 0 spiro atoms. The molecule has 0 amide bonds. The van der Waals surface area contributed by atoms with E-state index in [-0.39, 0.29) is 0 Å². The number of hydrogen-bond acceptors (Lipinski definition) is 15. The molecule has 0 saturated carbocycles. The van der Waals surface area contributed by atoms with Crippen LogP contribution in [0, 0.1) is 0 Å². The molecule has 9 N–H and O–H groups in total. The first-order valence-corrected chi connectivity index (χ1v) is 34.1. The van der Waals surface area contributed by atoms with Crippen LogP contribution in [-0.2, 0) is 36.7 Å². The number of rotatable bonds is 41. The van der Waals surface area contributed by atoms with Gasteiger partial charge in [-0.2, -0.15) is 4.31 Å². The van der Waals surface area contributed by atoms with Crippen LogP contribution < -0.4 is 0 Å². The maximum Gasteiger partial charge on any atom is 0.483 e. The fourth-order valence-electron chi connectivity index (χ4n) is 9.71. The number of phosphoric ester groups is 2. The first-order valence-electron chi connectivity index (χ1n) is 31.1. The van der Waals surface area contributed by atoms with Crippen molar-refractivity contribution in [2.45, 2.75) is 273 Å². The molecule has 19 heteroatoms. The largest absolute Gasteiger partial charge is 0.483 e. The molecule has 2 aliphatic heterocycles. The fraction of sp³-hybridized carbons (Fsp3) is 0.672. The van der Waals surface area contributed by atoms with Crippen LogP contribution in [0.15, 0.2) is 128 Å². The molecular weight excluding hydrogens is 1140 g/mol. The van der Waals surface area contributed by atoms with Crippen molar-refractivity contribution in [2.24, 2.45) is 0 Å². The van der Waals surface area contributed by atoms with Gasteiger partial charge in [-0.1, -0.05) is 128 Å². The van der Waals surface area contributed by atoms with E-state index in [1.54, 1.807) is 13.0 Å². The highest BCUT2D eigenvalue weighted by Crippen LogP contribution is 2.61. The average molecular weight is 1250 g/mol. The highest BCUT2D eigenvalue weighted by molar-refractivity contribution is 7.61. The summed E-state index contributed by atoms with van der Waals surface area (Å²) in [5.74, 6) is 0. The number of hydrogen-bond donors (Lipinski definition) is 9. The molecule has 492 valence electrons. The second-order valence-electron chi connectivity index (χ2n) is 23.9. The minimum atomic E-state index is -5.57. The second-order valence-corrected chi connectivity index (χ2v) is 26.9. The Labute approximate surface area is 516 Å². The van der Waals surface area contributed by atoms with Crippen molar-refractivity contribution in [1.29, 1.82) is 0 Å². The molecule has 86 heavy (non-hydrogen) atoms. The standard InChI is InChI=1S/C67H112O17P2/c1-13-47(2)24-14-25-48(3)26-15-27-49(4)28-16-29-50(5)30-17-31-51(6)32-18-33-52(7)34-19-35-53(8)36-20-37-54(9)38-21-39-55(10)40-22-41-56(11)42-23-43-57(12)46-79-85(75,76)84-86(77,78)83-67-64(74)62(72)65(59(45-69)81-67)82-66-63(73)61(71)60(70)58(44-68)80-66/h13,25,27,29,31,33,35,37,39,41,43,58-74H,14-24,26,28,30,32,34,36,38,40,42,44-46H2,1-12H3,(H,75,76)(H,77,78)/b47-13-,48-25-,49-27-,50-29-,51-31-,52-33-,53-35-,54-37-,55-39+,56-41+,57-43+/t58-,59-,60-,61+,62-,63-,64-,65-,66+,67-/m1/s1. The first kappa shape index (κ1) is 79.1. The van der Waals surface area contributed by atoms with Crippen LogP contribution >= 0.6 is 15.6 Å². The van der Waals surface area contributed by atoms with E-state index in [1.807, 2.05) is 6.92 Å². The molecule has 0 bridgehead atoms. The van der Waals surface area contributed by atoms with Gasteiger partial charge in [0.25, 0.3) is 0 Å². The van der Waals surface area contributed by atoms with Gasteiger partial charge in [0.1, 0.15) is 48.8 Å². The lowest BCUT2D eigenvalue weighted by molar-refractivity contribution is -0.353. The summed E-state index contributed by atoms with van der Waals surface area (Å²) in [6.07, 6.45) is 27.8. The van der Waals surface area contributed by atoms with Gasteiger partial charge in [0.2, 0.25) is 0 Å². The molecule has 17 nitrogen and oxygen atoms in total. The Bertz CT molecular complexity index is 2460. The third kappa shape index (κ3) is 33.7. The third-order valence-corrected chi connectivity index (χ3v) is 18.2. The average Bonchev–Trinajstić information content (AvgIpc) is 1.10. The zero-order valence-electron chi connectivity index (χ0n) is 54.1. The third-order valence-electron chi connectivity index (χ3n) is 15.7. The van der Waals surface area contributed by atoms with Crippen molar-refractivity contribution >= 4 is 15.6 Å². The Balaban J connectivity index is 1.64. The SMILES string of the molecule is C/C=C(/C)CC/C=C(/C)CC/C=C(/C)CC/C=C(/C)CC/C=C(/C)CC/C=C(/C)CC/C=C(/C)CC/C=C(/C)CC/C=C(\C)CC/C=C(\C)CC/C=C(\C)COP(=O)(O)OP(=O)(O)O[C@H]1O[C@H](CO)[C@@H](O[C@@H]2O[C@H](CO)[C@@H](O)[C@H](O)[C@H]2O)[C@H](O)[C@H]1O. The molecule has 0 aliphatic carbocycles. The number of allylic oxidation sites excluding steroid dienone is 21. The topological polar surface area (TPSA) is 272 Å². The molecule has 2 fully saturated rings.